The summed E-state index contributed by atoms with van der Waals surface area (Å²) in [4.78, 5) is 6.62. The van der Waals surface area contributed by atoms with Crippen molar-refractivity contribution in [3.8, 4) is 5.75 Å². The van der Waals surface area contributed by atoms with E-state index in [9.17, 15) is 0 Å². The van der Waals surface area contributed by atoms with Gasteiger partial charge in [0, 0.05) is 25.2 Å². The summed E-state index contributed by atoms with van der Waals surface area (Å²) in [6.07, 6.45) is 5.06. The molecule has 0 bridgehead atoms. The smallest absolute Gasteiger partial charge is 0.191 e. The van der Waals surface area contributed by atoms with E-state index in [1.165, 1.54) is 31.2 Å². The first kappa shape index (κ1) is 19.6. The van der Waals surface area contributed by atoms with E-state index in [0.29, 0.717) is 6.04 Å². The summed E-state index contributed by atoms with van der Waals surface area (Å²) in [7, 11) is 7.76. The van der Waals surface area contributed by atoms with Crippen LogP contribution in [0.15, 0.2) is 29.3 Å². The number of guanidine groups is 1. The molecule has 0 amide bonds. The molecule has 25 heavy (non-hydrogen) atoms. The summed E-state index contributed by atoms with van der Waals surface area (Å²) in [6.45, 7) is 3.12. The van der Waals surface area contributed by atoms with Gasteiger partial charge in [-0.2, -0.15) is 0 Å². The minimum Gasteiger partial charge on any atom is -0.496 e. The van der Waals surface area contributed by atoms with Gasteiger partial charge in [-0.3, -0.25) is 4.99 Å². The first-order valence-corrected chi connectivity index (χ1v) is 9.31. The zero-order valence-electron chi connectivity index (χ0n) is 16.4. The van der Waals surface area contributed by atoms with Crippen LogP contribution in [0.4, 0.5) is 0 Å². The number of para-hydroxylation sites is 1. The maximum absolute atomic E-state index is 5.54. The Morgan fingerprint density at radius 2 is 1.92 bits per heavy atom. The molecule has 1 saturated carbocycles. The average molecular weight is 347 g/mol. The van der Waals surface area contributed by atoms with E-state index >= 15 is 0 Å². The van der Waals surface area contributed by atoms with Gasteiger partial charge in [0.25, 0.3) is 0 Å². The highest BCUT2D eigenvalue weighted by Crippen LogP contribution is 2.27. The van der Waals surface area contributed by atoms with Gasteiger partial charge in [-0.15, -0.1) is 0 Å². The predicted octanol–water partition coefficient (Wildman–Crippen LogP) is 3.04. The number of nitrogens with one attached hydrogen (secondary N) is 2. The van der Waals surface area contributed by atoms with Crippen LogP contribution in [0.3, 0.4) is 0 Å². The number of benzene rings is 1. The Balaban J connectivity index is 1.97. The Morgan fingerprint density at radius 1 is 1.24 bits per heavy atom. The van der Waals surface area contributed by atoms with Gasteiger partial charge >= 0.3 is 0 Å². The number of nitrogens with zero attached hydrogens (tertiary/aromatic N) is 2. The minimum atomic E-state index is 0.209. The molecule has 2 rings (SSSR count). The van der Waals surface area contributed by atoms with Crippen LogP contribution in [0.1, 0.15) is 44.2 Å². The normalized spacial score (nSPS) is 22.6. The van der Waals surface area contributed by atoms with E-state index in [1.807, 2.05) is 19.2 Å². The number of hydrogen-bond acceptors (Lipinski definition) is 3. The second-order valence-corrected chi connectivity index (χ2v) is 7.28. The molecule has 1 unspecified atom stereocenters. The summed E-state index contributed by atoms with van der Waals surface area (Å²) in [6, 6.07) is 8.96. The number of rotatable bonds is 6. The Morgan fingerprint density at radius 3 is 2.52 bits per heavy atom. The fraction of sp³-hybridized carbons (Fsp3) is 0.650. The zero-order valence-corrected chi connectivity index (χ0v) is 16.4. The Hall–Kier alpha value is -1.75. The third kappa shape index (κ3) is 5.63. The molecule has 5 nitrogen and oxygen atoms in total. The molecule has 1 aromatic rings. The van der Waals surface area contributed by atoms with Gasteiger partial charge in [-0.25, -0.2) is 0 Å². The molecule has 140 valence electrons. The fourth-order valence-corrected chi connectivity index (χ4v) is 3.50. The number of likely N-dealkylation sites (N-methyl/N-ethyl adjacent to an activating group) is 1. The molecule has 0 saturated heterocycles. The maximum atomic E-state index is 5.54. The first-order valence-electron chi connectivity index (χ1n) is 9.31. The lowest BCUT2D eigenvalue weighted by Gasteiger charge is -2.30. The molecule has 5 heteroatoms. The molecule has 1 aliphatic carbocycles. The van der Waals surface area contributed by atoms with Crippen LogP contribution < -0.4 is 15.4 Å². The third-order valence-electron chi connectivity index (χ3n) is 5.16. The summed E-state index contributed by atoms with van der Waals surface area (Å²) < 4.78 is 5.54. The van der Waals surface area contributed by atoms with Crippen molar-refractivity contribution in [2.75, 3.05) is 34.8 Å². The van der Waals surface area contributed by atoms with Crippen molar-refractivity contribution in [1.29, 1.82) is 0 Å². The zero-order chi connectivity index (χ0) is 18.2. The Kier molecular flexibility index (Phi) is 7.56. The van der Waals surface area contributed by atoms with Gasteiger partial charge in [0.1, 0.15) is 5.75 Å². The van der Waals surface area contributed by atoms with Crippen LogP contribution in [0.2, 0.25) is 0 Å². The predicted molar refractivity (Wildman–Crippen MR) is 105 cm³/mol. The lowest BCUT2D eigenvalue weighted by molar-refractivity contribution is 0.286. The molecule has 1 aromatic carbocycles. The second kappa shape index (κ2) is 9.66. The standard InChI is InChI=1S/C20H34N4O/c1-15-10-12-16(13-11-15)23-20(21-2)22-14-18(24(3)4)17-8-6-7-9-19(17)25-5/h6-9,15-16,18H,10-14H2,1-5H3,(H2,21,22,23). The SMILES string of the molecule is CN=C(NCC(c1ccccc1OC)N(C)C)NC1CCC(C)CC1. The third-order valence-corrected chi connectivity index (χ3v) is 5.16. The van der Waals surface area contributed by atoms with Gasteiger partial charge in [-0.1, -0.05) is 25.1 Å². The van der Waals surface area contributed by atoms with E-state index in [1.54, 1.807) is 7.11 Å². The van der Waals surface area contributed by atoms with Crippen LogP contribution in [0.25, 0.3) is 0 Å². The highest BCUT2D eigenvalue weighted by molar-refractivity contribution is 5.80. The lowest BCUT2D eigenvalue weighted by atomic mass is 9.87. The largest absolute Gasteiger partial charge is 0.496 e. The van der Waals surface area contributed by atoms with Crippen molar-refractivity contribution >= 4 is 5.96 Å². The highest BCUT2D eigenvalue weighted by atomic mass is 16.5. The van der Waals surface area contributed by atoms with Gasteiger partial charge in [-0.05, 0) is 51.8 Å². The van der Waals surface area contributed by atoms with Crippen molar-refractivity contribution in [2.45, 2.75) is 44.7 Å². The maximum Gasteiger partial charge on any atom is 0.191 e. The number of methoxy groups -OCH3 is 1. The molecule has 2 N–H and O–H groups in total. The molecular weight excluding hydrogens is 312 g/mol. The van der Waals surface area contributed by atoms with Crippen molar-refractivity contribution < 1.29 is 4.74 Å². The molecule has 0 aliphatic heterocycles. The molecule has 0 heterocycles. The van der Waals surface area contributed by atoms with E-state index in [-0.39, 0.29) is 6.04 Å². The number of hydrogen-bond donors (Lipinski definition) is 2. The monoisotopic (exact) mass is 346 g/mol. The van der Waals surface area contributed by atoms with E-state index in [2.05, 4.69) is 53.7 Å². The molecular formula is C20H34N4O. The topological polar surface area (TPSA) is 48.9 Å². The summed E-state index contributed by atoms with van der Waals surface area (Å²) in [5.74, 6) is 2.67. The lowest BCUT2D eigenvalue weighted by Crippen LogP contribution is -2.46. The average Bonchev–Trinajstić information content (AvgIpc) is 2.62. The fourth-order valence-electron chi connectivity index (χ4n) is 3.50. The number of aliphatic imine (C=N–C) groups is 1. The van der Waals surface area contributed by atoms with Crippen LogP contribution in [-0.2, 0) is 0 Å². The Bertz CT molecular complexity index is 550. The summed E-state index contributed by atoms with van der Waals surface area (Å²) in [5, 5.41) is 7.09. The van der Waals surface area contributed by atoms with Crippen molar-refractivity contribution in [1.82, 2.24) is 15.5 Å². The van der Waals surface area contributed by atoms with Gasteiger partial charge < -0.3 is 20.3 Å². The van der Waals surface area contributed by atoms with Crippen molar-refractivity contribution in [3.63, 3.8) is 0 Å². The van der Waals surface area contributed by atoms with Crippen LogP contribution in [0.5, 0.6) is 5.75 Å². The molecule has 0 spiro atoms. The van der Waals surface area contributed by atoms with Crippen molar-refractivity contribution in [2.24, 2.45) is 10.9 Å². The number of ether oxygens (including phenoxy) is 1. The van der Waals surface area contributed by atoms with Crippen LogP contribution in [-0.4, -0.2) is 51.7 Å². The first-order chi connectivity index (χ1) is 12.0. The van der Waals surface area contributed by atoms with Gasteiger partial charge in [0.05, 0.1) is 13.2 Å². The minimum absolute atomic E-state index is 0.209. The van der Waals surface area contributed by atoms with E-state index in [0.717, 1.165) is 24.2 Å². The van der Waals surface area contributed by atoms with Gasteiger partial charge in [0.15, 0.2) is 5.96 Å². The quantitative estimate of drug-likeness (QED) is 0.614. The molecule has 1 aliphatic rings. The van der Waals surface area contributed by atoms with Crippen molar-refractivity contribution in [3.05, 3.63) is 29.8 Å². The van der Waals surface area contributed by atoms with E-state index in [4.69, 9.17) is 4.74 Å². The molecule has 0 radical (unpaired) electrons. The summed E-state index contributed by atoms with van der Waals surface area (Å²) in [5.41, 5.74) is 1.18. The van der Waals surface area contributed by atoms with Gasteiger partial charge in [0.2, 0.25) is 0 Å². The highest BCUT2D eigenvalue weighted by Gasteiger charge is 2.21. The van der Waals surface area contributed by atoms with E-state index < -0.39 is 0 Å². The van der Waals surface area contributed by atoms with Crippen LogP contribution >= 0.6 is 0 Å². The second-order valence-electron chi connectivity index (χ2n) is 7.28. The molecule has 1 atom stereocenters. The molecule has 1 fully saturated rings. The van der Waals surface area contributed by atoms with Crippen LogP contribution in [0, 0.1) is 5.92 Å². The summed E-state index contributed by atoms with van der Waals surface area (Å²) >= 11 is 0. The Labute approximate surface area is 152 Å². The molecule has 0 aromatic heterocycles.